The van der Waals surface area contributed by atoms with Gasteiger partial charge in [-0.15, -0.1) is 0 Å². The first-order valence-electron chi connectivity index (χ1n) is 8.87. The smallest absolute Gasteiger partial charge is 0.175 e. The second-order valence-electron chi connectivity index (χ2n) is 7.05. The first-order valence-corrected chi connectivity index (χ1v) is 8.87. The number of aryl methyl sites for hydroxylation is 2. The van der Waals surface area contributed by atoms with Gasteiger partial charge in [0.1, 0.15) is 0 Å². The lowest BCUT2D eigenvalue weighted by atomic mass is 9.78. The van der Waals surface area contributed by atoms with Crippen molar-refractivity contribution < 1.29 is 9.59 Å². The number of fused-ring (bicyclic) bond motifs is 1. The number of carbonyl (C=O) groups is 2. The number of Topliss-reactive ketones (excluding diaryl/α,β-unsaturated/α-hetero) is 2. The normalized spacial score (nSPS) is 14.1. The van der Waals surface area contributed by atoms with E-state index in [-0.39, 0.29) is 17.5 Å². The van der Waals surface area contributed by atoms with E-state index < -0.39 is 5.92 Å². The molecule has 3 aromatic rings. The first-order chi connectivity index (χ1) is 12.6. The molecule has 0 heterocycles. The summed E-state index contributed by atoms with van der Waals surface area (Å²) in [6, 6.07) is 23.4. The Bertz CT molecular complexity index is 901. The molecule has 4 rings (SSSR count). The summed E-state index contributed by atoms with van der Waals surface area (Å²) in [7, 11) is 0. The fourth-order valence-electron chi connectivity index (χ4n) is 3.79. The van der Waals surface area contributed by atoms with Gasteiger partial charge in [0, 0.05) is 17.0 Å². The zero-order valence-corrected chi connectivity index (χ0v) is 14.9. The minimum Gasteiger partial charge on any atom is -0.293 e. The second-order valence-corrected chi connectivity index (χ2v) is 7.05. The van der Waals surface area contributed by atoms with E-state index in [1.807, 2.05) is 74.5 Å². The van der Waals surface area contributed by atoms with Gasteiger partial charge in [-0.3, -0.25) is 9.59 Å². The van der Waals surface area contributed by atoms with Crippen molar-refractivity contribution in [2.45, 2.75) is 19.8 Å². The van der Waals surface area contributed by atoms with Crippen molar-refractivity contribution in [3.05, 3.63) is 106 Å². The fraction of sp³-hybridized carbons (Fsp3) is 0.167. The maximum atomic E-state index is 13.1. The molecule has 0 fully saturated rings. The van der Waals surface area contributed by atoms with Gasteiger partial charge in [0.2, 0.25) is 0 Å². The summed E-state index contributed by atoms with van der Waals surface area (Å²) >= 11 is 0. The SMILES string of the molecule is Cc1ccc(C(c2ccc(C)cc2)C2C(=O)c3ccccc3C2=O)cc1. The molecule has 1 aliphatic carbocycles. The number of ketones is 2. The zero-order chi connectivity index (χ0) is 18.3. The average molecular weight is 340 g/mol. The van der Waals surface area contributed by atoms with E-state index in [0.717, 1.165) is 22.3 Å². The van der Waals surface area contributed by atoms with Crippen LogP contribution in [0.3, 0.4) is 0 Å². The van der Waals surface area contributed by atoms with Crippen LogP contribution in [0.2, 0.25) is 0 Å². The van der Waals surface area contributed by atoms with Crippen molar-refractivity contribution >= 4 is 11.6 Å². The van der Waals surface area contributed by atoms with Gasteiger partial charge in [-0.1, -0.05) is 83.9 Å². The van der Waals surface area contributed by atoms with Gasteiger partial charge in [-0.25, -0.2) is 0 Å². The molecular weight excluding hydrogens is 320 g/mol. The van der Waals surface area contributed by atoms with Crippen LogP contribution in [0, 0.1) is 19.8 Å². The molecule has 2 heteroatoms. The molecule has 0 radical (unpaired) electrons. The molecule has 0 spiro atoms. The monoisotopic (exact) mass is 340 g/mol. The van der Waals surface area contributed by atoms with Crippen LogP contribution in [0.25, 0.3) is 0 Å². The van der Waals surface area contributed by atoms with E-state index in [2.05, 4.69) is 0 Å². The maximum absolute atomic E-state index is 13.1. The molecule has 3 aromatic carbocycles. The van der Waals surface area contributed by atoms with Gasteiger partial charge < -0.3 is 0 Å². The number of benzene rings is 3. The van der Waals surface area contributed by atoms with Gasteiger partial charge in [0.25, 0.3) is 0 Å². The lowest BCUT2D eigenvalue weighted by Gasteiger charge is -2.23. The molecule has 0 saturated heterocycles. The van der Waals surface area contributed by atoms with Gasteiger partial charge in [-0.2, -0.15) is 0 Å². The van der Waals surface area contributed by atoms with Gasteiger partial charge in [-0.05, 0) is 25.0 Å². The molecule has 0 atom stereocenters. The van der Waals surface area contributed by atoms with E-state index in [9.17, 15) is 9.59 Å². The highest BCUT2D eigenvalue weighted by Gasteiger charge is 2.44. The predicted octanol–water partition coefficient (Wildman–Crippen LogP) is 5.13. The summed E-state index contributed by atoms with van der Waals surface area (Å²) in [5.74, 6) is -1.12. The van der Waals surface area contributed by atoms with Crippen LogP contribution in [0.15, 0.2) is 72.8 Å². The van der Waals surface area contributed by atoms with Crippen LogP contribution in [-0.2, 0) is 0 Å². The highest BCUT2D eigenvalue weighted by Crippen LogP contribution is 2.40. The topological polar surface area (TPSA) is 34.1 Å². The minimum atomic E-state index is -0.696. The summed E-state index contributed by atoms with van der Waals surface area (Å²) in [6.45, 7) is 4.07. The molecule has 0 aromatic heterocycles. The Hall–Kier alpha value is -3.00. The maximum Gasteiger partial charge on any atom is 0.175 e. The highest BCUT2D eigenvalue weighted by molar-refractivity contribution is 6.27. The molecule has 0 saturated carbocycles. The third-order valence-corrected chi connectivity index (χ3v) is 5.23. The molecule has 0 N–H and O–H groups in total. The first kappa shape index (κ1) is 16.5. The molecule has 0 bridgehead atoms. The molecule has 0 amide bonds. The lowest BCUT2D eigenvalue weighted by Crippen LogP contribution is -2.25. The summed E-state index contributed by atoms with van der Waals surface area (Å²) in [6.07, 6.45) is 0. The van der Waals surface area contributed by atoms with Crippen LogP contribution in [-0.4, -0.2) is 11.6 Å². The number of rotatable bonds is 3. The van der Waals surface area contributed by atoms with Crippen molar-refractivity contribution in [3.63, 3.8) is 0 Å². The Morgan fingerprint density at radius 2 is 1.00 bits per heavy atom. The standard InChI is InChI=1S/C24H20O2/c1-15-7-11-17(12-8-15)21(18-13-9-16(2)10-14-18)22-23(25)19-5-3-4-6-20(19)24(22)26/h3-14,21-22H,1-2H3. The second kappa shape index (κ2) is 6.38. The molecule has 128 valence electrons. The lowest BCUT2D eigenvalue weighted by molar-refractivity contribution is 0.0825. The Kier molecular flexibility index (Phi) is 4.04. The Balaban J connectivity index is 1.86. The summed E-state index contributed by atoms with van der Waals surface area (Å²) in [5.41, 5.74) is 5.41. The van der Waals surface area contributed by atoms with Crippen molar-refractivity contribution in [3.8, 4) is 0 Å². The van der Waals surface area contributed by atoms with E-state index in [1.165, 1.54) is 0 Å². The number of hydrogen-bond donors (Lipinski definition) is 0. The summed E-state index contributed by atoms with van der Waals surface area (Å²) < 4.78 is 0. The molecule has 2 nitrogen and oxygen atoms in total. The average Bonchev–Trinajstić information content (AvgIpc) is 2.90. The molecule has 26 heavy (non-hydrogen) atoms. The minimum absolute atomic E-state index is 0.0725. The quantitative estimate of drug-likeness (QED) is 0.619. The summed E-state index contributed by atoms with van der Waals surface area (Å²) in [4.78, 5) is 26.2. The van der Waals surface area contributed by atoms with Crippen LogP contribution in [0.5, 0.6) is 0 Å². The predicted molar refractivity (Wildman–Crippen MR) is 103 cm³/mol. The van der Waals surface area contributed by atoms with Gasteiger partial charge in [0.15, 0.2) is 11.6 Å². The number of hydrogen-bond acceptors (Lipinski definition) is 2. The molecule has 0 aliphatic heterocycles. The third kappa shape index (κ3) is 2.68. The summed E-state index contributed by atoms with van der Waals surface area (Å²) in [5, 5.41) is 0. The van der Waals surface area contributed by atoms with Crippen LogP contribution in [0.1, 0.15) is 48.9 Å². The van der Waals surface area contributed by atoms with Crippen LogP contribution >= 0.6 is 0 Å². The van der Waals surface area contributed by atoms with Gasteiger partial charge in [0.05, 0.1) is 5.92 Å². The van der Waals surface area contributed by atoms with Crippen LogP contribution < -0.4 is 0 Å². The van der Waals surface area contributed by atoms with E-state index in [1.54, 1.807) is 12.1 Å². The van der Waals surface area contributed by atoms with Crippen molar-refractivity contribution in [1.82, 2.24) is 0 Å². The molecular formula is C24H20O2. The molecule has 0 unspecified atom stereocenters. The van der Waals surface area contributed by atoms with Gasteiger partial charge >= 0.3 is 0 Å². The van der Waals surface area contributed by atoms with E-state index >= 15 is 0 Å². The molecule has 1 aliphatic rings. The third-order valence-electron chi connectivity index (χ3n) is 5.23. The Morgan fingerprint density at radius 1 is 0.615 bits per heavy atom. The van der Waals surface area contributed by atoms with Crippen LogP contribution in [0.4, 0.5) is 0 Å². The fourth-order valence-corrected chi connectivity index (χ4v) is 3.79. The number of carbonyl (C=O) groups excluding carboxylic acids is 2. The highest BCUT2D eigenvalue weighted by atomic mass is 16.2. The van der Waals surface area contributed by atoms with Crippen molar-refractivity contribution in [1.29, 1.82) is 0 Å². The van der Waals surface area contributed by atoms with Crippen molar-refractivity contribution in [2.24, 2.45) is 5.92 Å². The van der Waals surface area contributed by atoms with E-state index in [4.69, 9.17) is 0 Å². The van der Waals surface area contributed by atoms with E-state index in [0.29, 0.717) is 11.1 Å². The zero-order valence-electron chi connectivity index (χ0n) is 14.9. The largest absolute Gasteiger partial charge is 0.293 e. The Labute approximate surface area is 153 Å². The van der Waals surface area contributed by atoms with Crippen molar-refractivity contribution in [2.75, 3.05) is 0 Å². The Morgan fingerprint density at radius 3 is 1.38 bits per heavy atom.